The van der Waals surface area contributed by atoms with E-state index in [0.29, 0.717) is 0 Å². The lowest BCUT2D eigenvalue weighted by atomic mass is 9.88. The van der Waals surface area contributed by atoms with Crippen LogP contribution in [-0.2, 0) is 23.9 Å². The van der Waals surface area contributed by atoms with E-state index in [4.69, 9.17) is 14.9 Å². The van der Waals surface area contributed by atoms with Crippen molar-refractivity contribution in [3.05, 3.63) is 0 Å². The van der Waals surface area contributed by atoms with E-state index >= 15 is 0 Å². The van der Waals surface area contributed by atoms with Gasteiger partial charge in [0.2, 0.25) is 5.91 Å². The molecule has 12 heteroatoms. The van der Waals surface area contributed by atoms with Crippen molar-refractivity contribution in [2.45, 2.75) is 62.6 Å². The molecule has 1 saturated heterocycles. The molecule has 0 saturated carbocycles. The largest absolute Gasteiger partial charge is 0.477 e. The van der Waals surface area contributed by atoms with E-state index in [9.17, 15) is 34.8 Å². The van der Waals surface area contributed by atoms with Gasteiger partial charge in [0.1, 0.15) is 31.0 Å². The smallest absolute Gasteiger partial charge is 0.364 e. The van der Waals surface area contributed by atoms with Crippen LogP contribution in [0.15, 0.2) is 0 Å². The van der Waals surface area contributed by atoms with Crippen LogP contribution in [0.3, 0.4) is 0 Å². The van der Waals surface area contributed by atoms with Crippen molar-refractivity contribution in [1.82, 2.24) is 5.32 Å². The third kappa shape index (κ3) is 5.33. The quantitative estimate of drug-likeness (QED) is 0.212. The third-order valence-electron chi connectivity index (χ3n) is 3.76. The molecule has 0 spiro atoms. The van der Waals surface area contributed by atoms with Crippen molar-refractivity contribution in [2.24, 2.45) is 0 Å². The minimum atomic E-state index is -2.87. The average molecular weight is 381 g/mol. The predicted octanol–water partition coefficient (Wildman–Crippen LogP) is -3.94. The van der Waals surface area contributed by atoms with Gasteiger partial charge in [-0.3, -0.25) is 4.79 Å². The Morgan fingerprint density at radius 3 is 2.35 bits per heavy atom. The first kappa shape index (κ1) is 22.2. The zero-order valence-electron chi connectivity index (χ0n) is 14.1. The normalized spacial score (nSPS) is 32.2. The van der Waals surface area contributed by atoms with Crippen LogP contribution in [0.1, 0.15) is 20.3 Å². The van der Waals surface area contributed by atoms with E-state index < -0.39 is 73.2 Å². The zero-order valence-corrected chi connectivity index (χ0v) is 14.1. The zero-order chi connectivity index (χ0) is 20.2. The Kier molecular flexibility index (Phi) is 7.44. The highest BCUT2D eigenvalue weighted by Gasteiger charge is 2.54. The molecular weight excluding hydrogens is 358 g/mol. The maximum Gasteiger partial charge on any atom is 0.364 e. The summed E-state index contributed by atoms with van der Waals surface area (Å²) in [4.78, 5) is 33.6. The average Bonchev–Trinajstić information content (AvgIpc) is 2.53. The van der Waals surface area contributed by atoms with Crippen molar-refractivity contribution in [3.8, 4) is 0 Å². The number of carbonyl (C=O) groups excluding carboxylic acids is 2. The molecule has 7 atom stereocenters. The summed E-state index contributed by atoms with van der Waals surface area (Å²) < 4.78 is 9.47. The lowest BCUT2D eigenvalue weighted by molar-refractivity contribution is -0.295. The number of amides is 1. The minimum Gasteiger partial charge on any atom is -0.477 e. The van der Waals surface area contributed by atoms with Crippen molar-refractivity contribution in [3.63, 3.8) is 0 Å². The Morgan fingerprint density at radius 1 is 1.31 bits per heavy atom. The number of aliphatic hydroxyl groups is 5. The van der Waals surface area contributed by atoms with Crippen LogP contribution in [0.25, 0.3) is 0 Å². The van der Waals surface area contributed by atoms with Crippen molar-refractivity contribution in [2.75, 3.05) is 6.61 Å². The molecule has 1 rings (SSSR count). The molecule has 12 nitrogen and oxygen atoms in total. The molecule has 150 valence electrons. The number of rotatable bonds is 7. The molecule has 0 aliphatic carbocycles. The van der Waals surface area contributed by atoms with Crippen LogP contribution < -0.4 is 5.32 Å². The summed E-state index contributed by atoms with van der Waals surface area (Å²) in [6.07, 6.45) is -9.44. The van der Waals surface area contributed by atoms with E-state index in [0.717, 1.165) is 13.8 Å². The summed E-state index contributed by atoms with van der Waals surface area (Å²) in [5, 5.41) is 60.5. The maximum atomic E-state index is 11.3. The predicted molar refractivity (Wildman–Crippen MR) is 80.3 cm³/mol. The summed E-state index contributed by atoms with van der Waals surface area (Å²) in [6, 6.07) is -1.36. The second kappa shape index (κ2) is 8.70. The van der Waals surface area contributed by atoms with Gasteiger partial charge < -0.3 is 45.4 Å². The first-order chi connectivity index (χ1) is 11.9. The molecule has 1 fully saturated rings. The molecule has 1 heterocycles. The number of carboxylic acids is 1. The molecule has 1 amide bonds. The number of hydrogen-bond acceptors (Lipinski definition) is 10. The Bertz CT molecular complexity index is 539. The van der Waals surface area contributed by atoms with Gasteiger partial charge in [-0.05, 0) is 6.92 Å². The minimum absolute atomic E-state index is 0.648. The van der Waals surface area contributed by atoms with Crippen LogP contribution in [0.5, 0.6) is 0 Å². The first-order valence-electron chi connectivity index (χ1n) is 7.68. The van der Waals surface area contributed by atoms with Crippen molar-refractivity contribution in [1.29, 1.82) is 0 Å². The molecule has 0 aromatic carbocycles. The topological polar surface area (TPSA) is 203 Å². The molecule has 1 aliphatic heterocycles. The Labute approximate surface area is 148 Å². The third-order valence-corrected chi connectivity index (χ3v) is 3.76. The Hall–Kier alpha value is -1.83. The summed E-state index contributed by atoms with van der Waals surface area (Å²) in [5.41, 5.74) is 0. The molecule has 1 aliphatic rings. The number of nitrogens with one attached hydrogen (secondary N) is 1. The number of ether oxygens (including phenoxy) is 2. The van der Waals surface area contributed by atoms with Crippen LogP contribution in [-0.4, -0.2) is 97.4 Å². The number of hydrogen-bond donors (Lipinski definition) is 7. The molecule has 0 radical (unpaired) electrons. The fourth-order valence-corrected chi connectivity index (χ4v) is 2.41. The number of aliphatic hydroxyl groups excluding tert-OH is 4. The lowest BCUT2D eigenvalue weighted by Crippen LogP contribution is -2.67. The van der Waals surface area contributed by atoms with E-state index in [-0.39, 0.29) is 0 Å². The molecular formula is C14H23NO11. The molecule has 0 aromatic heterocycles. The van der Waals surface area contributed by atoms with E-state index in [1.807, 2.05) is 0 Å². The number of carbonyl (C=O) groups is 3. The highest BCUT2D eigenvalue weighted by atomic mass is 16.7. The van der Waals surface area contributed by atoms with Crippen LogP contribution >= 0.6 is 0 Å². The monoisotopic (exact) mass is 381 g/mol. The highest BCUT2D eigenvalue weighted by Crippen LogP contribution is 2.30. The van der Waals surface area contributed by atoms with Gasteiger partial charge in [-0.1, -0.05) is 0 Å². The fourth-order valence-electron chi connectivity index (χ4n) is 2.41. The van der Waals surface area contributed by atoms with Gasteiger partial charge in [-0.15, -0.1) is 0 Å². The molecule has 26 heavy (non-hydrogen) atoms. The van der Waals surface area contributed by atoms with Gasteiger partial charge >= 0.3 is 11.9 Å². The van der Waals surface area contributed by atoms with Crippen LogP contribution in [0.4, 0.5) is 0 Å². The summed E-state index contributed by atoms with van der Waals surface area (Å²) in [7, 11) is 0. The first-order valence-corrected chi connectivity index (χ1v) is 7.68. The summed E-state index contributed by atoms with van der Waals surface area (Å²) >= 11 is 0. The van der Waals surface area contributed by atoms with Gasteiger partial charge in [0.05, 0.1) is 12.1 Å². The summed E-state index contributed by atoms with van der Waals surface area (Å²) in [6.45, 7) is 1.42. The van der Waals surface area contributed by atoms with Gasteiger partial charge in [0, 0.05) is 13.3 Å². The fraction of sp³-hybridized carbons (Fsp3) is 0.786. The number of aliphatic carboxylic acids is 1. The lowest BCUT2D eigenvalue weighted by Gasteiger charge is -2.44. The highest BCUT2D eigenvalue weighted by molar-refractivity contribution is 5.76. The standard InChI is InChI=1S/C14H23NO11/c1-5(16)12(21)25-4-8(19)10(20)11-9(15-6(2)17)7(18)3-14(24,26-11)13(22)23/h5,7-11,16,18-20,24H,3-4H2,1-2H3,(H,15,17)(H,22,23)/t5?,7-,8?,9+,10?,11+,14?/m0/s1. The SMILES string of the molecule is CC(=O)N[C@@H]1[C@@H](O)CC(O)(C(=O)O)O[C@H]1C(O)C(O)COC(=O)C(C)O. The number of esters is 1. The Morgan fingerprint density at radius 2 is 1.88 bits per heavy atom. The second-order valence-corrected chi connectivity index (χ2v) is 6.03. The van der Waals surface area contributed by atoms with Gasteiger partial charge in [-0.25, -0.2) is 9.59 Å². The second-order valence-electron chi connectivity index (χ2n) is 6.03. The molecule has 7 N–H and O–H groups in total. The Balaban J connectivity index is 2.97. The molecule has 0 aromatic rings. The molecule has 4 unspecified atom stereocenters. The van der Waals surface area contributed by atoms with E-state index in [1.54, 1.807) is 0 Å². The number of carboxylic acid groups (broad SMARTS) is 1. The van der Waals surface area contributed by atoms with Crippen LogP contribution in [0, 0.1) is 0 Å². The van der Waals surface area contributed by atoms with Crippen molar-refractivity contribution < 1.29 is 54.5 Å². The van der Waals surface area contributed by atoms with E-state index in [1.165, 1.54) is 0 Å². The van der Waals surface area contributed by atoms with Crippen LogP contribution in [0.2, 0.25) is 0 Å². The van der Waals surface area contributed by atoms with Crippen molar-refractivity contribution >= 4 is 17.8 Å². The molecule has 0 bridgehead atoms. The summed E-state index contributed by atoms with van der Waals surface area (Å²) in [5.74, 6) is -6.44. The van der Waals surface area contributed by atoms with Gasteiger partial charge in [-0.2, -0.15) is 0 Å². The van der Waals surface area contributed by atoms with Gasteiger partial charge in [0.25, 0.3) is 5.79 Å². The van der Waals surface area contributed by atoms with E-state index in [2.05, 4.69) is 10.1 Å². The van der Waals surface area contributed by atoms with Gasteiger partial charge in [0.15, 0.2) is 0 Å². The maximum absolute atomic E-state index is 11.3.